The number of hydrogen-bond donors (Lipinski definition) is 3. The van der Waals surface area contributed by atoms with Crippen LogP contribution in [0.15, 0.2) is 72.9 Å². The Morgan fingerprint density at radius 1 is 1.00 bits per heavy atom. The summed E-state index contributed by atoms with van der Waals surface area (Å²) in [5, 5.41) is 13.1. The molecule has 154 valence electrons. The number of carboxylic acid groups (broad SMARTS) is 1. The minimum atomic E-state index is -1.04. The van der Waals surface area contributed by atoms with Gasteiger partial charge in [-0.1, -0.05) is 30.3 Å². The van der Waals surface area contributed by atoms with Crippen LogP contribution in [-0.2, 0) is 0 Å². The first kappa shape index (κ1) is 19.9. The number of carboxylic acids is 1. The zero-order chi connectivity index (χ0) is 22.0. The molecule has 0 radical (unpaired) electrons. The van der Waals surface area contributed by atoms with Crippen molar-refractivity contribution in [3.05, 3.63) is 84.1 Å². The molecule has 7 nitrogen and oxygen atoms in total. The Labute approximate surface area is 178 Å². The third kappa shape index (κ3) is 4.02. The van der Waals surface area contributed by atoms with E-state index < -0.39 is 11.9 Å². The summed E-state index contributed by atoms with van der Waals surface area (Å²) in [4.78, 5) is 27.7. The molecule has 0 aliphatic heterocycles. The van der Waals surface area contributed by atoms with Gasteiger partial charge in [0.2, 0.25) is 0 Å². The Hall–Kier alpha value is -4.39. The number of nitrogens with one attached hydrogen (secondary N) is 1. The molecule has 0 atom stereocenters. The summed E-state index contributed by atoms with van der Waals surface area (Å²) in [6.07, 6.45) is 1.42. The van der Waals surface area contributed by atoms with Gasteiger partial charge in [0.1, 0.15) is 5.75 Å². The van der Waals surface area contributed by atoms with Crippen LogP contribution in [0.1, 0.15) is 20.7 Å². The molecule has 0 fully saturated rings. The maximum absolute atomic E-state index is 12.0. The van der Waals surface area contributed by atoms with Crippen molar-refractivity contribution < 1.29 is 19.4 Å². The normalized spacial score (nSPS) is 10.6. The fourth-order valence-electron chi connectivity index (χ4n) is 3.35. The number of nitrogens with two attached hydrogens (primary N) is 1. The maximum atomic E-state index is 12.0. The summed E-state index contributed by atoms with van der Waals surface area (Å²) < 4.78 is 5.21. The van der Waals surface area contributed by atoms with Crippen molar-refractivity contribution in [3.63, 3.8) is 0 Å². The minimum Gasteiger partial charge on any atom is -0.497 e. The molecular weight excluding hydrogens is 394 g/mol. The Morgan fingerprint density at radius 3 is 2.42 bits per heavy atom. The number of rotatable bonds is 6. The first-order valence-electron chi connectivity index (χ1n) is 9.43. The SMILES string of the molecule is COc1ccc(-c2ccc3c(Nc4cccc(C(=O)O)c4)c(C(N)=O)cnc3c2)cc1. The van der Waals surface area contributed by atoms with Gasteiger partial charge in [-0.3, -0.25) is 9.78 Å². The highest BCUT2D eigenvalue weighted by Gasteiger charge is 2.15. The van der Waals surface area contributed by atoms with Crippen molar-refractivity contribution in [2.24, 2.45) is 5.73 Å². The second-order valence-electron chi connectivity index (χ2n) is 6.88. The average molecular weight is 413 g/mol. The summed E-state index contributed by atoms with van der Waals surface area (Å²) in [6, 6.07) is 19.7. The van der Waals surface area contributed by atoms with Crippen LogP contribution in [0.25, 0.3) is 22.0 Å². The van der Waals surface area contributed by atoms with Crippen molar-refractivity contribution in [1.29, 1.82) is 0 Å². The molecule has 1 aromatic heterocycles. The fourth-order valence-corrected chi connectivity index (χ4v) is 3.35. The van der Waals surface area contributed by atoms with E-state index in [4.69, 9.17) is 10.5 Å². The van der Waals surface area contributed by atoms with E-state index in [-0.39, 0.29) is 11.1 Å². The van der Waals surface area contributed by atoms with Crippen LogP contribution in [0, 0.1) is 0 Å². The van der Waals surface area contributed by atoms with Crippen LogP contribution in [0.2, 0.25) is 0 Å². The number of benzene rings is 3. The number of carbonyl (C=O) groups excluding carboxylic acids is 1. The molecule has 4 aromatic rings. The highest BCUT2D eigenvalue weighted by atomic mass is 16.5. The number of hydrogen-bond acceptors (Lipinski definition) is 5. The number of fused-ring (bicyclic) bond motifs is 1. The number of nitrogens with zero attached hydrogens (tertiary/aromatic N) is 1. The second-order valence-corrected chi connectivity index (χ2v) is 6.88. The summed E-state index contributed by atoms with van der Waals surface area (Å²) >= 11 is 0. The Bertz CT molecular complexity index is 1300. The minimum absolute atomic E-state index is 0.130. The molecule has 1 heterocycles. The largest absolute Gasteiger partial charge is 0.497 e. The summed E-state index contributed by atoms with van der Waals surface area (Å²) in [6.45, 7) is 0. The highest BCUT2D eigenvalue weighted by Crippen LogP contribution is 2.32. The lowest BCUT2D eigenvalue weighted by molar-refractivity contribution is 0.0696. The number of aromatic carboxylic acids is 1. The Balaban J connectivity index is 1.80. The quantitative estimate of drug-likeness (QED) is 0.430. The number of pyridine rings is 1. The lowest BCUT2D eigenvalue weighted by atomic mass is 10.0. The van der Waals surface area contributed by atoms with E-state index in [0.717, 1.165) is 16.9 Å². The van der Waals surface area contributed by atoms with Gasteiger partial charge in [0, 0.05) is 17.3 Å². The van der Waals surface area contributed by atoms with E-state index in [0.29, 0.717) is 22.3 Å². The monoisotopic (exact) mass is 413 g/mol. The molecule has 0 aliphatic rings. The molecule has 0 saturated heterocycles. The predicted molar refractivity (Wildman–Crippen MR) is 119 cm³/mol. The molecule has 31 heavy (non-hydrogen) atoms. The van der Waals surface area contributed by atoms with Gasteiger partial charge in [-0.25, -0.2) is 4.79 Å². The van der Waals surface area contributed by atoms with E-state index in [2.05, 4.69) is 10.3 Å². The number of carbonyl (C=O) groups is 2. The highest BCUT2D eigenvalue weighted by molar-refractivity contribution is 6.08. The molecule has 3 aromatic carbocycles. The molecule has 4 N–H and O–H groups in total. The van der Waals surface area contributed by atoms with Gasteiger partial charge < -0.3 is 20.9 Å². The van der Waals surface area contributed by atoms with E-state index in [9.17, 15) is 14.7 Å². The van der Waals surface area contributed by atoms with Gasteiger partial charge >= 0.3 is 5.97 Å². The molecule has 0 unspecified atom stereocenters. The number of aromatic nitrogens is 1. The number of primary amides is 1. The number of ether oxygens (including phenoxy) is 1. The molecule has 0 saturated carbocycles. The smallest absolute Gasteiger partial charge is 0.335 e. The van der Waals surface area contributed by atoms with E-state index in [1.807, 2.05) is 42.5 Å². The zero-order valence-corrected chi connectivity index (χ0v) is 16.6. The third-order valence-corrected chi connectivity index (χ3v) is 4.94. The van der Waals surface area contributed by atoms with Gasteiger partial charge in [0.05, 0.1) is 29.4 Å². The topological polar surface area (TPSA) is 115 Å². The molecule has 7 heteroatoms. The maximum Gasteiger partial charge on any atom is 0.335 e. The molecule has 4 rings (SSSR count). The van der Waals surface area contributed by atoms with Crippen LogP contribution in [0.4, 0.5) is 11.4 Å². The van der Waals surface area contributed by atoms with Crippen molar-refractivity contribution in [1.82, 2.24) is 4.98 Å². The van der Waals surface area contributed by atoms with Gasteiger partial charge in [-0.15, -0.1) is 0 Å². The number of anilines is 2. The van der Waals surface area contributed by atoms with Crippen LogP contribution >= 0.6 is 0 Å². The lowest BCUT2D eigenvalue weighted by Crippen LogP contribution is -2.14. The Kier molecular flexibility index (Phi) is 5.24. The van der Waals surface area contributed by atoms with Crippen LogP contribution in [0.3, 0.4) is 0 Å². The fraction of sp³-hybridized carbons (Fsp3) is 0.0417. The first-order valence-corrected chi connectivity index (χ1v) is 9.43. The summed E-state index contributed by atoms with van der Waals surface area (Å²) in [5.74, 6) is -0.906. The number of methoxy groups -OCH3 is 1. The average Bonchev–Trinajstić information content (AvgIpc) is 2.79. The second kappa shape index (κ2) is 8.16. The lowest BCUT2D eigenvalue weighted by Gasteiger charge is -2.14. The standard InChI is InChI=1S/C24H19N3O4/c1-31-18-8-5-14(6-9-18)15-7-10-19-21(12-15)26-13-20(23(25)28)22(19)27-17-4-2-3-16(11-17)24(29)30/h2-13H,1H3,(H2,25,28)(H,26,27)(H,29,30). The van der Waals surface area contributed by atoms with Gasteiger partial charge in [0.15, 0.2) is 0 Å². The molecule has 0 spiro atoms. The summed E-state index contributed by atoms with van der Waals surface area (Å²) in [5.41, 5.74) is 9.51. The Morgan fingerprint density at radius 2 is 1.74 bits per heavy atom. The zero-order valence-electron chi connectivity index (χ0n) is 16.6. The molecule has 1 amide bonds. The van der Waals surface area contributed by atoms with Crippen LogP contribution in [-0.4, -0.2) is 29.1 Å². The van der Waals surface area contributed by atoms with Crippen molar-refractivity contribution >= 4 is 34.2 Å². The van der Waals surface area contributed by atoms with Crippen molar-refractivity contribution in [3.8, 4) is 16.9 Å². The van der Waals surface area contributed by atoms with E-state index in [1.165, 1.54) is 18.3 Å². The van der Waals surface area contributed by atoms with E-state index in [1.54, 1.807) is 19.2 Å². The molecular formula is C24H19N3O4. The van der Waals surface area contributed by atoms with E-state index >= 15 is 0 Å². The number of amides is 1. The van der Waals surface area contributed by atoms with Crippen molar-refractivity contribution in [2.75, 3.05) is 12.4 Å². The van der Waals surface area contributed by atoms with Crippen molar-refractivity contribution in [2.45, 2.75) is 0 Å². The van der Waals surface area contributed by atoms with Gasteiger partial charge in [-0.2, -0.15) is 0 Å². The molecule has 0 aliphatic carbocycles. The molecule has 0 bridgehead atoms. The van der Waals surface area contributed by atoms with Gasteiger partial charge in [-0.05, 0) is 47.5 Å². The summed E-state index contributed by atoms with van der Waals surface area (Å²) in [7, 11) is 1.62. The first-order chi connectivity index (χ1) is 15.0. The third-order valence-electron chi connectivity index (χ3n) is 4.94. The predicted octanol–water partition coefficient (Wildman–Crippen LogP) is 4.45. The van der Waals surface area contributed by atoms with Crippen LogP contribution in [0.5, 0.6) is 5.75 Å². The van der Waals surface area contributed by atoms with Gasteiger partial charge in [0.25, 0.3) is 5.91 Å². The van der Waals surface area contributed by atoms with Crippen LogP contribution < -0.4 is 15.8 Å².